The van der Waals surface area contributed by atoms with E-state index in [1.165, 1.54) is 0 Å². The van der Waals surface area contributed by atoms with Crippen LogP contribution in [-0.2, 0) is 16.1 Å². The van der Waals surface area contributed by atoms with E-state index in [-0.39, 0.29) is 24.8 Å². The third-order valence-corrected chi connectivity index (χ3v) is 5.57. The Labute approximate surface area is 156 Å². The van der Waals surface area contributed by atoms with E-state index >= 15 is 0 Å². The molecule has 0 aromatic heterocycles. The van der Waals surface area contributed by atoms with Crippen molar-refractivity contribution in [2.24, 2.45) is 5.73 Å². The molecule has 4 amide bonds. The van der Waals surface area contributed by atoms with Gasteiger partial charge in [-0.2, -0.15) is 0 Å². The Morgan fingerprint density at radius 2 is 1.85 bits per heavy atom. The molecule has 8 nitrogen and oxygen atoms in total. The number of rotatable bonds is 4. The van der Waals surface area contributed by atoms with Gasteiger partial charge in [-0.1, -0.05) is 6.07 Å². The van der Waals surface area contributed by atoms with Crippen LogP contribution in [0.15, 0.2) is 18.2 Å². The number of piperidine rings is 1. The van der Waals surface area contributed by atoms with E-state index in [0.717, 1.165) is 29.7 Å². The average molecular weight is 370 g/mol. The van der Waals surface area contributed by atoms with Crippen molar-refractivity contribution in [1.29, 1.82) is 0 Å². The van der Waals surface area contributed by atoms with Crippen LogP contribution in [0.3, 0.4) is 0 Å². The van der Waals surface area contributed by atoms with Gasteiger partial charge in [-0.25, -0.2) is 0 Å². The smallest absolute Gasteiger partial charge is 0.262 e. The van der Waals surface area contributed by atoms with Gasteiger partial charge in [-0.05, 0) is 43.4 Å². The maximum absolute atomic E-state index is 12.8. The number of fused-ring (bicyclic) bond motifs is 1. The number of nitrogens with one attached hydrogen (secondary N) is 2. The Hall–Kier alpha value is -2.58. The number of amides is 4. The number of hydrogen-bond acceptors (Lipinski definition) is 6. The zero-order valence-corrected chi connectivity index (χ0v) is 14.9. The highest BCUT2D eigenvalue weighted by molar-refractivity contribution is 6.23. The Balaban J connectivity index is 1.49. The summed E-state index contributed by atoms with van der Waals surface area (Å²) in [5.41, 5.74) is 7.44. The fourth-order valence-electron chi connectivity index (χ4n) is 4.09. The van der Waals surface area contributed by atoms with Gasteiger partial charge in [0.2, 0.25) is 11.8 Å². The average Bonchev–Trinajstić information content (AvgIpc) is 3.16. The summed E-state index contributed by atoms with van der Waals surface area (Å²) in [4.78, 5) is 49.8. The standard InChI is InChI=1S/C19H22N4O4/c20-11-2-3-12(8-11)21-9-10-1-4-13-14(7-10)19(27)23(18(13)26)15-5-6-16(24)22-17(15)25/h1,4,7,11-12,15,21H,2-3,5-6,8-9,20H2,(H,22,24,25)/t11-,12+,15?/m1/s1. The lowest BCUT2D eigenvalue weighted by molar-refractivity contribution is -0.136. The van der Waals surface area contributed by atoms with Crippen molar-refractivity contribution < 1.29 is 19.2 Å². The lowest BCUT2D eigenvalue weighted by Crippen LogP contribution is -2.54. The largest absolute Gasteiger partial charge is 0.328 e. The molecule has 1 unspecified atom stereocenters. The number of nitrogens with zero attached hydrogens (tertiary/aromatic N) is 1. The molecule has 1 saturated heterocycles. The van der Waals surface area contributed by atoms with Crippen molar-refractivity contribution in [2.45, 2.75) is 56.8 Å². The SMILES string of the molecule is N[C@@H]1CC[C@H](NCc2ccc3c(c2)C(=O)N(C2CCC(=O)NC2=O)C3=O)C1. The molecule has 142 valence electrons. The third-order valence-electron chi connectivity index (χ3n) is 5.57. The number of benzene rings is 1. The van der Waals surface area contributed by atoms with E-state index in [0.29, 0.717) is 23.7 Å². The summed E-state index contributed by atoms with van der Waals surface area (Å²) in [5, 5.41) is 5.64. The minimum absolute atomic E-state index is 0.114. The summed E-state index contributed by atoms with van der Waals surface area (Å²) in [5.74, 6) is -1.94. The Morgan fingerprint density at radius 1 is 1.07 bits per heavy atom. The van der Waals surface area contributed by atoms with Crippen molar-refractivity contribution in [3.63, 3.8) is 0 Å². The first-order chi connectivity index (χ1) is 12.9. The zero-order chi connectivity index (χ0) is 19.1. The second-order valence-corrected chi connectivity index (χ2v) is 7.48. The maximum atomic E-state index is 12.8. The monoisotopic (exact) mass is 370 g/mol. The third kappa shape index (κ3) is 3.26. The van der Waals surface area contributed by atoms with Crippen LogP contribution in [0.25, 0.3) is 0 Å². The van der Waals surface area contributed by atoms with E-state index < -0.39 is 23.8 Å². The van der Waals surface area contributed by atoms with Gasteiger partial charge in [0.25, 0.3) is 11.8 Å². The molecule has 0 bridgehead atoms. The topological polar surface area (TPSA) is 122 Å². The normalized spacial score (nSPS) is 27.9. The van der Waals surface area contributed by atoms with Gasteiger partial charge in [-0.3, -0.25) is 29.4 Å². The van der Waals surface area contributed by atoms with Gasteiger partial charge >= 0.3 is 0 Å². The Bertz CT molecular complexity index is 837. The lowest BCUT2D eigenvalue weighted by Gasteiger charge is -2.27. The molecule has 3 aliphatic rings. The van der Waals surface area contributed by atoms with Crippen molar-refractivity contribution in [2.75, 3.05) is 0 Å². The number of nitrogens with two attached hydrogens (primary N) is 1. The molecule has 8 heteroatoms. The number of carbonyl (C=O) groups excluding carboxylic acids is 4. The first-order valence-corrected chi connectivity index (χ1v) is 9.27. The van der Waals surface area contributed by atoms with Crippen molar-refractivity contribution in [3.05, 3.63) is 34.9 Å². The van der Waals surface area contributed by atoms with Crippen LogP contribution in [0.1, 0.15) is 58.4 Å². The van der Waals surface area contributed by atoms with Crippen molar-refractivity contribution in [3.8, 4) is 0 Å². The molecule has 27 heavy (non-hydrogen) atoms. The highest BCUT2D eigenvalue weighted by atomic mass is 16.2. The number of carbonyl (C=O) groups is 4. The summed E-state index contributed by atoms with van der Waals surface area (Å²) in [6.07, 6.45) is 3.25. The van der Waals surface area contributed by atoms with Gasteiger partial charge in [0, 0.05) is 25.0 Å². The summed E-state index contributed by atoms with van der Waals surface area (Å²) >= 11 is 0. The molecule has 0 radical (unpaired) electrons. The van der Waals surface area contributed by atoms with Gasteiger partial charge in [0.15, 0.2) is 0 Å². The van der Waals surface area contributed by atoms with Gasteiger partial charge < -0.3 is 11.1 Å². The van der Waals surface area contributed by atoms with Crippen LogP contribution in [-0.4, -0.2) is 46.7 Å². The molecule has 1 aromatic carbocycles. The predicted molar refractivity (Wildman–Crippen MR) is 95.6 cm³/mol. The first-order valence-electron chi connectivity index (χ1n) is 9.27. The van der Waals surface area contributed by atoms with E-state index in [9.17, 15) is 19.2 Å². The molecular weight excluding hydrogens is 348 g/mol. The second kappa shape index (κ2) is 6.86. The number of hydrogen-bond donors (Lipinski definition) is 3. The highest BCUT2D eigenvalue weighted by Crippen LogP contribution is 2.28. The molecule has 1 saturated carbocycles. The summed E-state index contributed by atoms with van der Waals surface area (Å²) in [6.45, 7) is 0.588. The first kappa shape index (κ1) is 17.8. The van der Waals surface area contributed by atoms with E-state index in [4.69, 9.17) is 5.73 Å². The lowest BCUT2D eigenvalue weighted by atomic mass is 10.0. The Morgan fingerprint density at radius 3 is 2.56 bits per heavy atom. The van der Waals surface area contributed by atoms with Gasteiger partial charge in [-0.15, -0.1) is 0 Å². The molecule has 1 aromatic rings. The van der Waals surface area contributed by atoms with Crippen LogP contribution in [0.5, 0.6) is 0 Å². The molecule has 2 heterocycles. The fourth-order valence-corrected chi connectivity index (χ4v) is 4.09. The van der Waals surface area contributed by atoms with Crippen LogP contribution < -0.4 is 16.4 Å². The molecule has 0 spiro atoms. The zero-order valence-electron chi connectivity index (χ0n) is 14.9. The van der Waals surface area contributed by atoms with E-state index in [2.05, 4.69) is 10.6 Å². The fraction of sp³-hybridized carbons (Fsp3) is 0.474. The van der Waals surface area contributed by atoms with Crippen molar-refractivity contribution >= 4 is 23.6 Å². The van der Waals surface area contributed by atoms with Crippen LogP contribution in [0.2, 0.25) is 0 Å². The summed E-state index contributed by atoms with van der Waals surface area (Å²) in [6, 6.07) is 4.84. The molecule has 4 N–H and O–H groups in total. The second-order valence-electron chi connectivity index (χ2n) is 7.48. The van der Waals surface area contributed by atoms with Crippen molar-refractivity contribution in [1.82, 2.24) is 15.5 Å². The van der Waals surface area contributed by atoms with Crippen LogP contribution >= 0.6 is 0 Å². The highest BCUT2D eigenvalue weighted by Gasteiger charge is 2.44. The number of imide groups is 2. The molecule has 3 atom stereocenters. The Kier molecular flexibility index (Phi) is 4.53. The quantitative estimate of drug-likeness (QED) is 0.644. The van der Waals surface area contributed by atoms with E-state index in [1.54, 1.807) is 12.1 Å². The summed E-state index contributed by atoms with van der Waals surface area (Å²) < 4.78 is 0. The molecule has 1 aliphatic carbocycles. The molecule has 4 rings (SSSR count). The van der Waals surface area contributed by atoms with Gasteiger partial charge in [0.05, 0.1) is 11.1 Å². The predicted octanol–water partition coefficient (Wildman–Crippen LogP) is 0.0572. The molecule has 2 fully saturated rings. The summed E-state index contributed by atoms with van der Waals surface area (Å²) in [7, 11) is 0. The van der Waals surface area contributed by atoms with E-state index in [1.807, 2.05) is 6.07 Å². The van der Waals surface area contributed by atoms with Gasteiger partial charge in [0.1, 0.15) is 6.04 Å². The van der Waals surface area contributed by atoms with Crippen LogP contribution in [0.4, 0.5) is 0 Å². The maximum Gasteiger partial charge on any atom is 0.262 e. The molecule has 2 aliphatic heterocycles. The molecular formula is C19H22N4O4. The minimum atomic E-state index is -0.934. The minimum Gasteiger partial charge on any atom is -0.328 e. The van der Waals surface area contributed by atoms with Crippen LogP contribution in [0, 0.1) is 0 Å².